The number of anilines is 1. The van der Waals surface area contributed by atoms with Gasteiger partial charge >= 0.3 is 0 Å². The maximum absolute atomic E-state index is 2.62. The summed E-state index contributed by atoms with van der Waals surface area (Å²) in [5.74, 6) is 0. The van der Waals surface area contributed by atoms with Gasteiger partial charge in [0.2, 0.25) is 0 Å². The number of nitrogens with zero attached hydrogens (tertiary/aromatic N) is 2. The molecule has 0 amide bonds. The van der Waals surface area contributed by atoms with Crippen LogP contribution in [-0.2, 0) is 0 Å². The summed E-state index contributed by atoms with van der Waals surface area (Å²) < 4.78 is 0. The van der Waals surface area contributed by atoms with Crippen molar-refractivity contribution >= 4 is 5.69 Å². The van der Waals surface area contributed by atoms with E-state index in [1.54, 1.807) is 5.57 Å². The van der Waals surface area contributed by atoms with E-state index in [0.717, 1.165) is 19.4 Å². The first-order chi connectivity index (χ1) is 14.9. The van der Waals surface area contributed by atoms with E-state index in [4.69, 9.17) is 0 Å². The standard InChI is InChI=1S/C30H42N2/c1-21-24(4)32(29(7,8)28(21,5)6)27-17-15-25(16-18-27)19-30(9)20-31(23(3)22(30)2)26-13-11-10-12-14-26/h10-15,17H,16,18-20H2,1-9H3. The maximum Gasteiger partial charge on any atom is 0.0477 e. The third-order valence-corrected chi connectivity index (χ3v) is 9.45. The van der Waals surface area contributed by atoms with Gasteiger partial charge in [0.15, 0.2) is 0 Å². The highest BCUT2D eigenvalue weighted by Crippen LogP contribution is 2.53. The van der Waals surface area contributed by atoms with Crippen molar-refractivity contribution in [2.24, 2.45) is 10.8 Å². The van der Waals surface area contributed by atoms with Gasteiger partial charge in [-0.1, -0.05) is 50.6 Å². The van der Waals surface area contributed by atoms with Crippen molar-refractivity contribution in [3.05, 3.63) is 76.3 Å². The van der Waals surface area contributed by atoms with Gasteiger partial charge in [-0.25, -0.2) is 0 Å². The predicted molar refractivity (Wildman–Crippen MR) is 138 cm³/mol. The van der Waals surface area contributed by atoms with Crippen molar-refractivity contribution in [2.45, 2.75) is 87.1 Å². The molecule has 0 radical (unpaired) electrons. The minimum Gasteiger partial charge on any atom is -0.345 e. The molecule has 32 heavy (non-hydrogen) atoms. The Morgan fingerprint density at radius 1 is 0.781 bits per heavy atom. The van der Waals surface area contributed by atoms with E-state index < -0.39 is 0 Å². The summed E-state index contributed by atoms with van der Waals surface area (Å²) in [6.07, 6.45) is 8.29. The topological polar surface area (TPSA) is 6.48 Å². The van der Waals surface area contributed by atoms with E-state index >= 15 is 0 Å². The van der Waals surface area contributed by atoms with E-state index in [9.17, 15) is 0 Å². The van der Waals surface area contributed by atoms with Gasteiger partial charge in [0, 0.05) is 45.7 Å². The number of rotatable bonds is 4. The van der Waals surface area contributed by atoms with Crippen molar-refractivity contribution < 1.29 is 0 Å². The second-order valence-corrected chi connectivity index (χ2v) is 11.6. The van der Waals surface area contributed by atoms with Crippen molar-refractivity contribution in [3.63, 3.8) is 0 Å². The molecule has 3 aliphatic rings. The average Bonchev–Trinajstić information content (AvgIpc) is 3.05. The van der Waals surface area contributed by atoms with E-state index in [1.165, 1.54) is 40.3 Å². The molecule has 0 fully saturated rings. The summed E-state index contributed by atoms with van der Waals surface area (Å²) in [6, 6.07) is 10.8. The fraction of sp³-hybridized carbons (Fsp3) is 0.533. The second-order valence-electron chi connectivity index (χ2n) is 11.6. The Hall–Kier alpha value is -2.22. The molecule has 0 N–H and O–H groups in total. The third kappa shape index (κ3) is 3.38. The van der Waals surface area contributed by atoms with Crippen LogP contribution >= 0.6 is 0 Å². The van der Waals surface area contributed by atoms with Crippen LogP contribution in [0.15, 0.2) is 76.3 Å². The zero-order valence-corrected chi connectivity index (χ0v) is 21.8. The summed E-state index contributed by atoms with van der Waals surface area (Å²) in [5, 5.41) is 0. The first-order valence-corrected chi connectivity index (χ1v) is 12.3. The molecule has 0 aromatic heterocycles. The molecule has 2 heteroatoms. The summed E-state index contributed by atoms with van der Waals surface area (Å²) in [5.41, 5.74) is 10.8. The molecule has 2 aliphatic heterocycles. The molecule has 0 spiro atoms. The Morgan fingerprint density at radius 2 is 1.44 bits per heavy atom. The largest absolute Gasteiger partial charge is 0.345 e. The van der Waals surface area contributed by atoms with Gasteiger partial charge in [0.1, 0.15) is 0 Å². The summed E-state index contributed by atoms with van der Waals surface area (Å²) in [6.45, 7) is 22.4. The Kier molecular flexibility index (Phi) is 5.51. The third-order valence-electron chi connectivity index (χ3n) is 9.45. The van der Waals surface area contributed by atoms with Crippen LogP contribution in [0.5, 0.6) is 0 Å². The molecule has 1 aliphatic carbocycles. The van der Waals surface area contributed by atoms with Crippen LogP contribution in [-0.4, -0.2) is 17.0 Å². The van der Waals surface area contributed by atoms with Crippen LogP contribution in [0.1, 0.15) is 81.6 Å². The van der Waals surface area contributed by atoms with Gasteiger partial charge in [0.05, 0.1) is 0 Å². The fourth-order valence-corrected chi connectivity index (χ4v) is 6.16. The van der Waals surface area contributed by atoms with E-state index in [-0.39, 0.29) is 16.4 Å². The molecule has 1 unspecified atom stereocenters. The first kappa shape index (κ1) is 23.0. The van der Waals surface area contributed by atoms with E-state index in [1.807, 2.05) is 0 Å². The second kappa shape index (κ2) is 7.68. The Morgan fingerprint density at radius 3 is 1.97 bits per heavy atom. The molecule has 0 saturated carbocycles. The quantitative estimate of drug-likeness (QED) is 0.475. The summed E-state index contributed by atoms with van der Waals surface area (Å²) in [7, 11) is 0. The average molecular weight is 431 g/mol. The number of allylic oxidation sites excluding steroid dienone is 6. The Labute approximate surface area is 196 Å². The minimum atomic E-state index is 0.0996. The van der Waals surface area contributed by atoms with Gasteiger partial charge in [-0.2, -0.15) is 0 Å². The van der Waals surface area contributed by atoms with Crippen molar-refractivity contribution in [1.82, 2.24) is 4.90 Å². The molecule has 1 aromatic carbocycles. The first-order valence-electron chi connectivity index (χ1n) is 12.3. The molecule has 4 rings (SSSR count). The fourth-order valence-electron chi connectivity index (χ4n) is 6.16. The zero-order chi connectivity index (χ0) is 23.5. The van der Waals surface area contributed by atoms with Crippen molar-refractivity contribution in [1.29, 1.82) is 0 Å². The number of hydrogen-bond donors (Lipinski definition) is 0. The predicted octanol–water partition coefficient (Wildman–Crippen LogP) is 8.22. The molecular weight excluding hydrogens is 388 g/mol. The number of para-hydroxylation sites is 1. The van der Waals surface area contributed by atoms with Crippen LogP contribution in [0.4, 0.5) is 5.69 Å². The van der Waals surface area contributed by atoms with Gasteiger partial charge in [-0.3, -0.25) is 0 Å². The lowest BCUT2D eigenvalue weighted by Gasteiger charge is -2.45. The van der Waals surface area contributed by atoms with Gasteiger partial charge in [-0.05, 0) is 90.2 Å². The van der Waals surface area contributed by atoms with Crippen LogP contribution in [0.3, 0.4) is 0 Å². The molecule has 1 atom stereocenters. The lowest BCUT2D eigenvalue weighted by Crippen LogP contribution is -2.47. The van der Waals surface area contributed by atoms with Crippen molar-refractivity contribution in [2.75, 3.05) is 11.4 Å². The Balaban J connectivity index is 1.55. The minimum absolute atomic E-state index is 0.0996. The van der Waals surface area contributed by atoms with Gasteiger partial charge in [-0.15, -0.1) is 0 Å². The van der Waals surface area contributed by atoms with E-state index in [0.29, 0.717) is 0 Å². The molecular formula is C30H42N2. The lowest BCUT2D eigenvalue weighted by molar-refractivity contribution is 0.124. The zero-order valence-electron chi connectivity index (χ0n) is 21.8. The van der Waals surface area contributed by atoms with Crippen LogP contribution in [0, 0.1) is 10.8 Å². The highest BCUT2D eigenvalue weighted by Gasteiger charge is 2.50. The summed E-state index contributed by atoms with van der Waals surface area (Å²) >= 11 is 0. The molecule has 2 heterocycles. The smallest absolute Gasteiger partial charge is 0.0477 e. The van der Waals surface area contributed by atoms with Crippen LogP contribution in [0.25, 0.3) is 0 Å². The highest BCUT2D eigenvalue weighted by atomic mass is 15.2. The molecule has 0 bridgehead atoms. The molecule has 172 valence electrons. The van der Waals surface area contributed by atoms with Gasteiger partial charge < -0.3 is 9.80 Å². The van der Waals surface area contributed by atoms with E-state index in [2.05, 4.69) is 115 Å². The van der Waals surface area contributed by atoms with Crippen LogP contribution < -0.4 is 4.90 Å². The van der Waals surface area contributed by atoms with Gasteiger partial charge in [0.25, 0.3) is 0 Å². The normalized spacial score (nSPS) is 27.3. The van der Waals surface area contributed by atoms with Crippen LogP contribution in [0.2, 0.25) is 0 Å². The summed E-state index contributed by atoms with van der Waals surface area (Å²) in [4.78, 5) is 5.13. The number of benzene rings is 1. The molecule has 1 aromatic rings. The van der Waals surface area contributed by atoms with Crippen molar-refractivity contribution in [3.8, 4) is 0 Å². The highest BCUT2D eigenvalue weighted by molar-refractivity contribution is 5.56. The number of hydrogen-bond acceptors (Lipinski definition) is 2. The Bertz CT molecular complexity index is 1030. The molecule has 2 nitrogen and oxygen atoms in total. The monoisotopic (exact) mass is 430 g/mol. The maximum atomic E-state index is 2.62. The SMILES string of the molecule is CC1=C(C)C(C)(CC2=CC=C(N3C(C)=C(C)C(C)(C)C3(C)C)CC2)CN1c1ccccc1. The lowest BCUT2D eigenvalue weighted by atomic mass is 9.71. The molecule has 0 saturated heterocycles.